The molecule has 0 radical (unpaired) electrons. The van der Waals surface area contributed by atoms with Crippen LogP contribution in [-0.2, 0) is 6.54 Å². The highest BCUT2D eigenvalue weighted by atomic mass is 79.9. The fourth-order valence-electron chi connectivity index (χ4n) is 1.43. The van der Waals surface area contributed by atoms with E-state index in [1.165, 1.54) is 12.1 Å². The first-order chi connectivity index (χ1) is 7.63. The zero-order valence-corrected chi connectivity index (χ0v) is 10.3. The number of hydrogen-bond acceptors (Lipinski definition) is 2. The van der Waals surface area contributed by atoms with Crippen molar-refractivity contribution in [3.05, 3.63) is 52.1 Å². The Hall–Kier alpha value is -1.29. The Morgan fingerprint density at radius 2 is 2.12 bits per heavy atom. The molecule has 0 saturated heterocycles. The minimum Gasteiger partial charge on any atom is -0.465 e. The molecule has 0 spiro atoms. The third-order valence-electron chi connectivity index (χ3n) is 2.13. The summed E-state index contributed by atoms with van der Waals surface area (Å²) in [4.78, 5) is 0. The average molecular weight is 284 g/mol. The summed E-state index contributed by atoms with van der Waals surface area (Å²) in [6, 6.07) is 8.48. The Kier molecular flexibility index (Phi) is 3.29. The molecule has 0 aliphatic carbocycles. The molecule has 4 heteroatoms. The van der Waals surface area contributed by atoms with Gasteiger partial charge in [0.1, 0.15) is 17.3 Å². The van der Waals surface area contributed by atoms with Crippen molar-refractivity contribution in [3.8, 4) is 0 Å². The second-order valence-electron chi connectivity index (χ2n) is 3.52. The molecule has 1 N–H and O–H groups in total. The molecule has 0 unspecified atom stereocenters. The third-order valence-corrected chi connectivity index (χ3v) is 2.58. The van der Waals surface area contributed by atoms with Gasteiger partial charge >= 0.3 is 0 Å². The van der Waals surface area contributed by atoms with E-state index < -0.39 is 0 Å². The molecule has 0 saturated carbocycles. The standard InChI is InChI=1S/C12H11BrFNO/c1-8-2-3-12(16-8)7-15-11-5-9(13)4-10(14)6-11/h2-6,15H,7H2,1H3. The van der Waals surface area contributed by atoms with Crippen molar-refractivity contribution in [1.29, 1.82) is 0 Å². The zero-order chi connectivity index (χ0) is 11.5. The lowest BCUT2D eigenvalue weighted by Gasteiger charge is -2.05. The van der Waals surface area contributed by atoms with Crippen LogP contribution in [-0.4, -0.2) is 0 Å². The van der Waals surface area contributed by atoms with E-state index in [9.17, 15) is 4.39 Å². The van der Waals surface area contributed by atoms with E-state index >= 15 is 0 Å². The van der Waals surface area contributed by atoms with Crippen LogP contribution in [0.15, 0.2) is 39.2 Å². The normalized spacial score (nSPS) is 10.4. The van der Waals surface area contributed by atoms with Crippen LogP contribution in [0.2, 0.25) is 0 Å². The van der Waals surface area contributed by atoms with Gasteiger partial charge in [0.25, 0.3) is 0 Å². The van der Waals surface area contributed by atoms with Crippen LogP contribution in [0, 0.1) is 12.7 Å². The topological polar surface area (TPSA) is 25.2 Å². The Labute approximate surface area is 102 Å². The first-order valence-corrected chi connectivity index (χ1v) is 5.68. The quantitative estimate of drug-likeness (QED) is 0.917. The molecule has 1 heterocycles. The summed E-state index contributed by atoms with van der Waals surface area (Å²) in [5.74, 6) is 1.43. The van der Waals surface area contributed by atoms with Gasteiger partial charge in [-0.1, -0.05) is 15.9 Å². The molecule has 0 atom stereocenters. The lowest BCUT2D eigenvalue weighted by molar-refractivity contribution is 0.490. The van der Waals surface area contributed by atoms with Gasteiger partial charge in [0.2, 0.25) is 0 Å². The second-order valence-corrected chi connectivity index (χ2v) is 4.44. The van der Waals surface area contributed by atoms with Gasteiger partial charge in [-0.15, -0.1) is 0 Å². The number of furan rings is 1. The van der Waals surface area contributed by atoms with Crippen LogP contribution in [0.3, 0.4) is 0 Å². The average Bonchev–Trinajstić information content (AvgIpc) is 2.60. The SMILES string of the molecule is Cc1ccc(CNc2cc(F)cc(Br)c2)o1. The highest BCUT2D eigenvalue weighted by Crippen LogP contribution is 2.19. The predicted molar refractivity (Wildman–Crippen MR) is 64.9 cm³/mol. The smallest absolute Gasteiger partial charge is 0.126 e. The Bertz CT molecular complexity index is 475. The van der Waals surface area contributed by atoms with Crippen LogP contribution in [0.25, 0.3) is 0 Å². The Morgan fingerprint density at radius 1 is 1.31 bits per heavy atom. The van der Waals surface area contributed by atoms with Crippen LogP contribution < -0.4 is 5.32 Å². The summed E-state index contributed by atoms with van der Waals surface area (Å²) in [5, 5.41) is 3.09. The van der Waals surface area contributed by atoms with Crippen molar-refractivity contribution in [3.63, 3.8) is 0 Å². The molecule has 0 aliphatic rings. The molecule has 0 aliphatic heterocycles. The van der Waals surface area contributed by atoms with Gasteiger partial charge in [0, 0.05) is 10.2 Å². The van der Waals surface area contributed by atoms with Gasteiger partial charge in [-0.2, -0.15) is 0 Å². The van der Waals surface area contributed by atoms with Gasteiger partial charge in [-0.25, -0.2) is 4.39 Å². The maximum Gasteiger partial charge on any atom is 0.126 e. The highest BCUT2D eigenvalue weighted by molar-refractivity contribution is 9.10. The number of nitrogens with one attached hydrogen (secondary N) is 1. The number of rotatable bonds is 3. The number of halogens is 2. The second kappa shape index (κ2) is 4.70. The van der Waals surface area contributed by atoms with E-state index in [1.807, 2.05) is 25.1 Å². The lowest BCUT2D eigenvalue weighted by Crippen LogP contribution is -1.98. The molecule has 16 heavy (non-hydrogen) atoms. The fourth-order valence-corrected chi connectivity index (χ4v) is 1.89. The lowest BCUT2D eigenvalue weighted by atomic mass is 10.3. The molecule has 1 aromatic heterocycles. The van der Waals surface area contributed by atoms with Crippen molar-refractivity contribution in [2.75, 3.05) is 5.32 Å². The van der Waals surface area contributed by atoms with Gasteiger partial charge in [-0.3, -0.25) is 0 Å². The molecule has 1 aromatic carbocycles. The summed E-state index contributed by atoms with van der Waals surface area (Å²) in [6.45, 7) is 2.44. The van der Waals surface area contributed by atoms with Crippen LogP contribution in [0.5, 0.6) is 0 Å². The van der Waals surface area contributed by atoms with E-state index in [0.29, 0.717) is 11.0 Å². The molecule has 0 fully saturated rings. The minimum absolute atomic E-state index is 0.271. The summed E-state index contributed by atoms with van der Waals surface area (Å²) in [5.41, 5.74) is 0.723. The minimum atomic E-state index is -0.271. The van der Waals surface area contributed by atoms with Crippen molar-refractivity contribution in [2.45, 2.75) is 13.5 Å². The Balaban J connectivity index is 2.04. The van der Waals surface area contributed by atoms with E-state index in [0.717, 1.165) is 17.2 Å². The largest absolute Gasteiger partial charge is 0.465 e. The molecule has 2 aromatic rings. The molecule has 84 valence electrons. The van der Waals surface area contributed by atoms with Gasteiger partial charge < -0.3 is 9.73 Å². The summed E-state index contributed by atoms with van der Waals surface area (Å²) in [6.07, 6.45) is 0. The number of benzene rings is 1. The summed E-state index contributed by atoms with van der Waals surface area (Å²) >= 11 is 3.24. The van der Waals surface area contributed by atoms with Crippen LogP contribution >= 0.6 is 15.9 Å². The van der Waals surface area contributed by atoms with Crippen molar-refractivity contribution >= 4 is 21.6 Å². The molecule has 0 bridgehead atoms. The van der Waals surface area contributed by atoms with Gasteiger partial charge in [0.05, 0.1) is 6.54 Å². The maximum atomic E-state index is 13.1. The van der Waals surface area contributed by atoms with Crippen LogP contribution in [0.4, 0.5) is 10.1 Å². The zero-order valence-electron chi connectivity index (χ0n) is 8.76. The monoisotopic (exact) mass is 283 g/mol. The van der Waals surface area contributed by atoms with Crippen molar-refractivity contribution in [1.82, 2.24) is 0 Å². The van der Waals surface area contributed by atoms with Crippen molar-refractivity contribution in [2.24, 2.45) is 0 Å². The first kappa shape index (κ1) is 11.2. The number of hydrogen-bond donors (Lipinski definition) is 1. The molecule has 2 rings (SSSR count). The predicted octanol–water partition coefficient (Wildman–Crippen LogP) is 4.10. The van der Waals surface area contributed by atoms with Crippen LogP contribution in [0.1, 0.15) is 11.5 Å². The summed E-state index contributed by atoms with van der Waals surface area (Å²) < 4.78 is 19.2. The highest BCUT2D eigenvalue weighted by Gasteiger charge is 2.01. The molecule has 2 nitrogen and oxygen atoms in total. The third kappa shape index (κ3) is 2.85. The van der Waals surface area contributed by atoms with E-state index in [2.05, 4.69) is 21.2 Å². The first-order valence-electron chi connectivity index (χ1n) is 4.89. The van der Waals surface area contributed by atoms with E-state index in [1.54, 1.807) is 0 Å². The van der Waals surface area contributed by atoms with Gasteiger partial charge in [-0.05, 0) is 37.3 Å². The molecular formula is C12H11BrFNO. The maximum absolute atomic E-state index is 13.1. The van der Waals surface area contributed by atoms with E-state index in [-0.39, 0.29) is 5.82 Å². The molecule has 0 amide bonds. The number of anilines is 1. The fraction of sp³-hybridized carbons (Fsp3) is 0.167. The summed E-state index contributed by atoms with van der Waals surface area (Å²) in [7, 11) is 0. The van der Waals surface area contributed by atoms with E-state index in [4.69, 9.17) is 4.42 Å². The molecular weight excluding hydrogens is 273 g/mol. The Morgan fingerprint density at radius 3 is 2.75 bits per heavy atom. The number of aryl methyl sites for hydroxylation is 1. The van der Waals surface area contributed by atoms with Gasteiger partial charge in [0.15, 0.2) is 0 Å². The van der Waals surface area contributed by atoms with Crippen molar-refractivity contribution < 1.29 is 8.81 Å².